The first-order valence-electron chi connectivity index (χ1n) is 6.66. The number of aromatic nitrogens is 1. The van der Waals surface area contributed by atoms with Crippen LogP contribution >= 0.6 is 11.3 Å². The quantitative estimate of drug-likeness (QED) is 0.900. The van der Waals surface area contributed by atoms with E-state index in [1.54, 1.807) is 7.11 Å². The summed E-state index contributed by atoms with van der Waals surface area (Å²) in [6.45, 7) is 3.39. The molecule has 106 valence electrons. The van der Waals surface area contributed by atoms with Crippen molar-refractivity contribution in [3.63, 3.8) is 0 Å². The van der Waals surface area contributed by atoms with E-state index in [-0.39, 0.29) is 6.61 Å². The van der Waals surface area contributed by atoms with E-state index in [0.29, 0.717) is 16.6 Å². The van der Waals surface area contributed by atoms with Gasteiger partial charge in [0.1, 0.15) is 4.88 Å². The van der Waals surface area contributed by atoms with E-state index in [1.165, 1.54) is 17.8 Å². The fourth-order valence-electron chi connectivity index (χ4n) is 2.54. The number of carbonyl (C=O) groups is 1. The van der Waals surface area contributed by atoms with E-state index in [2.05, 4.69) is 16.8 Å². The minimum Gasteiger partial charge on any atom is -0.477 e. The first-order valence-corrected chi connectivity index (χ1v) is 7.47. The summed E-state index contributed by atoms with van der Waals surface area (Å²) >= 11 is 1.27. The third kappa shape index (κ3) is 3.06. The molecule has 1 aliphatic rings. The first-order chi connectivity index (χ1) is 9.17. The first kappa shape index (κ1) is 14.3. The van der Waals surface area contributed by atoms with Crippen LogP contribution in [0.1, 0.15) is 48.0 Å². The van der Waals surface area contributed by atoms with Crippen molar-refractivity contribution in [3.05, 3.63) is 10.6 Å². The van der Waals surface area contributed by atoms with Crippen molar-refractivity contribution in [1.29, 1.82) is 0 Å². The summed E-state index contributed by atoms with van der Waals surface area (Å²) in [5.41, 5.74) is 0.537. The molecule has 5 nitrogen and oxygen atoms in total. The van der Waals surface area contributed by atoms with Crippen molar-refractivity contribution in [1.82, 2.24) is 4.98 Å². The molecule has 1 unspecified atom stereocenters. The third-order valence-corrected chi connectivity index (χ3v) is 4.63. The second kappa shape index (κ2) is 6.34. The van der Waals surface area contributed by atoms with Crippen molar-refractivity contribution in [2.75, 3.05) is 18.6 Å². The lowest BCUT2D eigenvalue weighted by Gasteiger charge is -2.34. The Labute approximate surface area is 117 Å². The van der Waals surface area contributed by atoms with E-state index in [0.717, 1.165) is 30.9 Å². The monoisotopic (exact) mass is 284 g/mol. The number of carboxylic acids is 1. The molecule has 6 heteroatoms. The summed E-state index contributed by atoms with van der Waals surface area (Å²) < 4.78 is 5.03. The van der Waals surface area contributed by atoms with Crippen molar-refractivity contribution in [2.24, 2.45) is 0 Å². The van der Waals surface area contributed by atoms with Crippen LogP contribution in [0.5, 0.6) is 0 Å². The number of methoxy groups -OCH3 is 1. The highest BCUT2D eigenvalue weighted by Crippen LogP contribution is 2.32. The van der Waals surface area contributed by atoms with Crippen LogP contribution in [0.25, 0.3) is 0 Å². The highest BCUT2D eigenvalue weighted by molar-refractivity contribution is 7.17. The van der Waals surface area contributed by atoms with Crippen molar-refractivity contribution < 1.29 is 14.6 Å². The molecule has 0 aromatic carbocycles. The van der Waals surface area contributed by atoms with Gasteiger partial charge in [0.05, 0.1) is 12.3 Å². The molecule has 1 fully saturated rings. The highest BCUT2D eigenvalue weighted by Gasteiger charge is 2.26. The van der Waals surface area contributed by atoms with Gasteiger partial charge in [0.15, 0.2) is 5.13 Å². The Balaban J connectivity index is 2.28. The molecule has 0 bridgehead atoms. The molecule has 0 saturated carbocycles. The molecular weight excluding hydrogens is 264 g/mol. The van der Waals surface area contributed by atoms with E-state index in [9.17, 15) is 9.90 Å². The summed E-state index contributed by atoms with van der Waals surface area (Å²) in [4.78, 5) is 18.3. The Bertz CT molecular complexity index is 447. The van der Waals surface area contributed by atoms with Crippen LogP contribution in [0.4, 0.5) is 5.13 Å². The average molecular weight is 284 g/mol. The predicted molar refractivity (Wildman–Crippen MR) is 75.1 cm³/mol. The summed E-state index contributed by atoms with van der Waals surface area (Å²) in [6.07, 6.45) is 4.63. The molecule has 1 N–H and O–H groups in total. The average Bonchev–Trinajstić information content (AvgIpc) is 2.83. The predicted octanol–water partition coefficient (Wildman–Crippen LogP) is 2.76. The molecule has 1 saturated heterocycles. The molecule has 0 spiro atoms. The lowest BCUT2D eigenvalue weighted by Crippen LogP contribution is -2.39. The number of piperidine rings is 1. The van der Waals surface area contributed by atoms with Crippen molar-refractivity contribution in [3.8, 4) is 0 Å². The van der Waals surface area contributed by atoms with Gasteiger partial charge in [0, 0.05) is 19.7 Å². The van der Waals surface area contributed by atoms with Gasteiger partial charge in [-0.1, -0.05) is 18.3 Å². The van der Waals surface area contributed by atoms with Crippen LogP contribution in [0.2, 0.25) is 0 Å². The number of aromatic carboxylic acids is 1. The van der Waals surface area contributed by atoms with Crippen LogP contribution in [0.3, 0.4) is 0 Å². The van der Waals surface area contributed by atoms with Gasteiger partial charge in [0.2, 0.25) is 0 Å². The molecule has 1 aliphatic heterocycles. The number of nitrogens with zero attached hydrogens (tertiary/aromatic N) is 2. The van der Waals surface area contributed by atoms with Gasteiger partial charge in [-0.05, 0) is 25.7 Å². The molecule has 0 amide bonds. The minimum atomic E-state index is -0.916. The fourth-order valence-corrected chi connectivity index (χ4v) is 3.55. The standard InChI is InChI=1S/C13H20N2O3S/c1-3-9-6-4-5-7-15(9)13-14-10(8-18-2)11(19-13)12(16)17/h9H,3-8H2,1-2H3,(H,16,17). The molecule has 1 aromatic rings. The fraction of sp³-hybridized carbons (Fsp3) is 0.692. The normalized spacial score (nSPS) is 19.7. The van der Waals surface area contributed by atoms with E-state index in [1.807, 2.05) is 0 Å². The lowest BCUT2D eigenvalue weighted by molar-refractivity contribution is 0.0697. The second-order valence-corrected chi connectivity index (χ2v) is 5.74. The Morgan fingerprint density at radius 1 is 1.58 bits per heavy atom. The van der Waals surface area contributed by atoms with Crippen LogP contribution < -0.4 is 4.90 Å². The topological polar surface area (TPSA) is 62.7 Å². The molecule has 2 rings (SSSR count). The summed E-state index contributed by atoms with van der Waals surface area (Å²) in [5.74, 6) is -0.916. The number of carboxylic acid groups (broad SMARTS) is 1. The van der Waals surface area contributed by atoms with Gasteiger partial charge in [-0.3, -0.25) is 0 Å². The number of hydrogen-bond donors (Lipinski definition) is 1. The second-order valence-electron chi connectivity index (χ2n) is 4.76. The summed E-state index contributed by atoms with van der Waals surface area (Å²) in [6, 6.07) is 0.483. The molecule has 0 radical (unpaired) electrons. The molecule has 2 heterocycles. The van der Waals surface area contributed by atoms with Gasteiger partial charge < -0.3 is 14.7 Å². The van der Waals surface area contributed by atoms with Crippen LogP contribution in [0.15, 0.2) is 0 Å². The molecule has 1 aromatic heterocycles. The maximum atomic E-state index is 11.2. The Kier molecular flexibility index (Phi) is 4.76. The van der Waals surface area contributed by atoms with Gasteiger partial charge in [-0.25, -0.2) is 9.78 Å². The zero-order chi connectivity index (χ0) is 13.8. The van der Waals surface area contributed by atoms with Gasteiger partial charge in [0.25, 0.3) is 0 Å². The number of thiazole rings is 1. The van der Waals surface area contributed by atoms with Crippen molar-refractivity contribution >= 4 is 22.4 Å². The third-order valence-electron chi connectivity index (χ3n) is 3.51. The number of rotatable bonds is 5. The zero-order valence-electron chi connectivity index (χ0n) is 11.4. The van der Waals surface area contributed by atoms with Gasteiger partial charge >= 0.3 is 5.97 Å². The van der Waals surface area contributed by atoms with E-state index in [4.69, 9.17) is 4.74 Å². The molecule has 0 aliphatic carbocycles. The number of anilines is 1. The maximum Gasteiger partial charge on any atom is 0.347 e. The van der Waals surface area contributed by atoms with Crippen LogP contribution in [-0.4, -0.2) is 35.8 Å². The smallest absolute Gasteiger partial charge is 0.347 e. The maximum absolute atomic E-state index is 11.2. The molecule has 19 heavy (non-hydrogen) atoms. The number of hydrogen-bond acceptors (Lipinski definition) is 5. The Hall–Kier alpha value is -1.14. The Morgan fingerprint density at radius 3 is 3.00 bits per heavy atom. The van der Waals surface area contributed by atoms with Gasteiger partial charge in [-0.15, -0.1) is 0 Å². The van der Waals surface area contributed by atoms with Crippen LogP contribution in [0, 0.1) is 0 Å². The SMILES string of the molecule is CCC1CCCCN1c1nc(COC)c(C(=O)O)s1. The van der Waals surface area contributed by atoms with Crippen LogP contribution in [-0.2, 0) is 11.3 Å². The molecule has 1 atom stereocenters. The largest absolute Gasteiger partial charge is 0.477 e. The van der Waals surface area contributed by atoms with E-state index >= 15 is 0 Å². The Morgan fingerprint density at radius 2 is 2.37 bits per heavy atom. The van der Waals surface area contributed by atoms with Crippen molar-refractivity contribution in [2.45, 2.75) is 45.3 Å². The van der Waals surface area contributed by atoms with E-state index < -0.39 is 5.97 Å². The lowest BCUT2D eigenvalue weighted by atomic mass is 10.0. The number of ether oxygens (including phenoxy) is 1. The minimum absolute atomic E-state index is 0.253. The summed E-state index contributed by atoms with van der Waals surface area (Å²) in [7, 11) is 1.56. The summed E-state index contributed by atoms with van der Waals surface area (Å²) in [5, 5.41) is 10.1. The highest BCUT2D eigenvalue weighted by atomic mass is 32.1. The van der Waals surface area contributed by atoms with Gasteiger partial charge in [-0.2, -0.15) is 0 Å². The molecular formula is C13H20N2O3S. The zero-order valence-corrected chi connectivity index (χ0v) is 12.2.